The Labute approximate surface area is 565 Å². The van der Waals surface area contributed by atoms with E-state index in [0.717, 1.165) is 32.8 Å². The number of esters is 1. The zero-order chi connectivity index (χ0) is 73.8. The summed E-state index contributed by atoms with van der Waals surface area (Å²) in [5.41, 5.74) is 0. The molecule has 0 aliphatic carbocycles. The molecule has 28 heteroatoms. The number of nitrogens with zero attached hydrogens (tertiary/aromatic N) is 7. The summed E-state index contributed by atoms with van der Waals surface area (Å²) in [5.74, 6) is -14.3. The first-order valence-electron chi connectivity index (χ1n) is 33.3. The number of aldehydes is 1. The third-order valence-electron chi connectivity index (χ3n) is 17.5. The van der Waals surface area contributed by atoms with E-state index in [-0.39, 0.29) is 62.7 Å². The van der Waals surface area contributed by atoms with Gasteiger partial charge in [-0.1, -0.05) is 102 Å². The largest absolute Gasteiger partial charge is 0.459 e. The summed E-state index contributed by atoms with van der Waals surface area (Å²) >= 11 is 0. The topological polar surface area (TPSA) is 336 Å². The molecule has 1 fully saturated rings. The maximum atomic E-state index is 15.5. The molecule has 0 saturated carbocycles. The fraction of sp³-hybridized carbons (Fsp3) is 0.776. The van der Waals surface area contributed by atoms with Crippen molar-refractivity contribution in [3.05, 3.63) is 12.2 Å². The fourth-order valence-corrected chi connectivity index (χ4v) is 13.3. The van der Waals surface area contributed by atoms with Crippen molar-refractivity contribution in [2.45, 2.75) is 235 Å². The minimum Gasteiger partial charge on any atom is -0.459 e. The van der Waals surface area contributed by atoms with Gasteiger partial charge < -0.3 is 65.1 Å². The van der Waals surface area contributed by atoms with E-state index in [2.05, 4.69) is 21.3 Å². The minimum atomic E-state index is -3.89. The summed E-state index contributed by atoms with van der Waals surface area (Å²) in [7, 11) is 5.44. The van der Waals surface area contributed by atoms with Crippen molar-refractivity contribution in [2.75, 3.05) is 61.3 Å². The normalized spacial score (nSPS) is 26.4. The molecule has 542 valence electrons. The molecule has 1 aliphatic rings. The van der Waals surface area contributed by atoms with E-state index < -0.39 is 183 Å². The van der Waals surface area contributed by atoms with Crippen LogP contribution >= 0.6 is 0 Å². The van der Waals surface area contributed by atoms with Crippen LogP contribution in [0.4, 0.5) is 0 Å². The first-order chi connectivity index (χ1) is 43.8. The molecule has 1 unspecified atom stereocenters. The lowest BCUT2D eigenvalue weighted by atomic mass is 9.91. The van der Waals surface area contributed by atoms with Crippen LogP contribution in [-0.4, -0.2) is 254 Å². The first-order valence-corrected chi connectivity index (χ1v) is 35.3. The number of ether oxygens (including phenoxy) is 1. The summed E-state index contributed by atoms with van der Waals surface area (Å²) in [4.78, 5) is 197. The highest BCUT2D eigenvalue weighted by molar-refractivity contribution is 7.90. The van der Waals surface area contributed by atoms with Crippen LogP contribution in [0.3, 0.4) is 0 Å². The highest BCUT2D eigenvalue weighted by atomic mass is 32.2. The van der Waals surface area contributed by atoms with Crippen LogP contribution in [0.15, 0.2) is 12.2 Å². The Balaban J connectivity index is 4.69. The lowest BCUT2D eigenvalue weighted by Gasteiger charge is -2.42. The van der Waals surface area contributed by atoms with E-state index in [9.17, 15) is 42.0 Å². The molecule has 0 aromatic rings. The average molecular weight is 1360 g/mol. The number of hydrogen-bond acceptors (Lipinski definition) is 16. The van der Waals surface area contributed by atoms with Gasteiger partial charge in [0.25, 0.3) is 0 Å². The standard InChI is InChI=1S/C67H117N11O16S/c1-26-28-30-42(13)56(94-46(17)80)55-60(84)70-47(27-2)62(86)72(18)48(31-29-32-79)63(87)77(23)54(43(14)36-95(25,92)93)59(83)71-52(40(9)10)66(90)73(19)49(33-37(3)4)58(82)68-44(15)57(81)69-45(16)61(85)74(20)50(34-38(5)6)64(88)75(21)51(35-39(7)8)65(89)76(22)53(41(11)12)67(91)78(55)24/h26,28,32,37-45,47-56H,27,29-31,33-36H2,1-25H3,(H,68,82)(H,69,81)(H,70,84)(H,71,83)/b28-26+/t42-,43-,44+,45-,47+,48-,49+,50+,51+,52+,53+,54?,55+,56-/m1/s1. The van der Waals surface area contributed by atoms with Crippen molar-refractivity contribution < 1.29 is 75.5 Å². The maximum absolute atomic E-state index is 15.5. The van der Waals surface area contributed by atoms with Gasteiger partial charge in [0.05, 0.1) is 5.75 Å². The van der Waals surface area contributed by atoms with Crippen LogP contribution in [-0.2, 0) is 76.9 Å². The van der Waals surface area contributed by atoms with E-state index in [1.165, 1.54) is 84.8 Å². The van der Waals surface area contributed by atoms with Gasteiger partial charge in [0, 0.05) is 68.9 Å². The average Bonchev–Trinajstić information content (AvgIpc) is 0.818. The molecule has 95 heavy (non-hydrogen) atoms. The van der Waals surface area contributed by atoms with E-state index in [0.29, 0.717) is 6.29 Å². The first kappa shape index (κ1) is 86.0. The predicted octanol–water partition coefficient (Wildman–Crippen LogP) is 2.82. The number of nitrogens with one attached hydrogen (secondary N) is 4. The van der Waals surface area contributed by atoms with Crippen molar-refractivity contribution in [3.63, 3.8) is 0 Å². The van der Waals surface area contributed by atoms with Crippen LogP contribution in [0.5, 0.6) is 0 Å². The van der Waals surface area contributed by atoms with E-state index >= 15 is 28.8 Å². The maximum Gasteiger partial charge on any atom is 0.303 e. The van der Waals surface area contributed by atoms with Gasteiger partial charge in [-0.05, 0) is 101 Å². The molecule has 1 aliphatic heterocycles. The summed E-state index contributed by atoms with van der Waals surface area (Å²) in [6.45, 7) is 27.9. The van der Waals surface area contributed by atoms with Gasteiger partial charge in [0.2, 0.25) is 65.0 Å². The van der Waals surface area contributed by atoms with E-state index in [1.54, 1.807) is 74.5 Å². The lowest BCUT2D eigenvalue weighted by molar-refractivity contribution is -0.164. The number of carbonyl (C=O) groups is 13. The molecule has 27 nitrogen and oxygen atoms in total. The molecular formula is C67H117N11O16S. The highest BCUT2D eigenvalue weighted by Gasteiger charge is 2.48. The summed E-state index contributed by atoms with van der Waals surface area (Å²) in [5, 5.41) is 10.8. The number of carbonyl (C=O) groups excluding carboxylic acids is 13. The van der Waals surface area contributed by atoms with Crippen molar-refractivity contribution in [1.82, 2.24) is 55.6 Å². The van der Waals surface area contributed by atoms with Crippen molar-refractivity contribution in [1.29, 1.82) is 0 Å². The Hall–Kier alpha value is -7.00. The Kier molecular flexibility index (Phi) is 35.0. The number of allylic oxidation sites excluding steroid dienone is 2. The van der Waals surface area contributed by atoms with Gasteiger partial charge in [-0.15, -0.1) is 0 Å². The van der Waals surface area contributed by atoms with Crippen molar-refractivity contribution >= 4 is 87.1 Å². The van der Waals surface area contributed by atoms with Gasteiger partial charge in [-0.25, -0.2) is 8.42 Å². The summed E-state index contributed by atoms with van der Waals surface area (Å²) in [6, 6.07) is -15.5. The number of rotatable bonds is 20. The van der Waals surface area contributed by atoms with Gasteiger partial charge >= 0.3 is 5.97 Å². The third kappa shape index (κ3) is 24.6. The van der Waals surface area contributed by atoms with Crippen molar-refractivity contribution in [3.8, 4) is 0 Å². The number of sulfone groups is 1. The molecule has 1 heterocycles. The quantitative estimate of drug-likeness (QED) is 0.0774. The highest BCUT2D eigenvalue weighted by Crippen LogP contribution is 2.28. The molecule has 0 aromatic heterocycles. The summed E-state index contributed by atoms with van der Waals surface area (Å²) in [6.07, 6.45) is 3.26. The molecule has 0 aromatic carbocycles. The van der Waals surface area contributed by atoms with Crippen LogP contribution in [0.2, 0.25) is 0 Å². The smallest absolute Gasteiger partial charge is 0.303 e. The number of amides is 11. The van der Waals surface area contributed by atoms with E-state index in [1.807, 2.05) is 27.7 Å². The Morgan fingerprint density at radius 2 is 0.947 bits per heavy atom. The predicted molar refractivity (Wildman–Crippen MR) is 362 cm³/mol. The number of likely N-dealkylation sites (N-methyl/N-ethyl adjacent to an activating group) is 7. The zero-order valence-corrected chi connectivity index (χ0v) is 62.2. The van der Waals surface area contributed by atoms with Crippen LogP contribution in [0.1, 0.15) is 163 Å². The second-order valence-electron chi connectivity index (χ2n) is 28.0. The minimum absolute atomic E-state index is 0.0572. The number of hydrogen-bond donors (Lipinski definition) is 4. The molecule has 1 saturated heterocycles. The van der Waals surface area contributed by atoms with Gasteiger partial charge in [-0.3, -0.25) is 57.5 Å². The summed E-state index contributed by atoms with van der Waals surface area (Å²) < 4.78 is 31.9. The van der Waals surface area contributed by atoms with Gasteiger partial charge in [0.1, 0.15) is 88.7 Å². The molecule has 0 radical (unpaired) electrons. The monoisotopic (exact) mass is 1360 g/mol. The molecule has 0 spiro atoms. The fourth-order valence-electron chi connectivity index (χ4n) is 12.2. The Morgan fingerprint density at radius 1 is 0.516 bits per heavy atom. The van der Waals surface area contributed by atoms with Crippen LogP contribution in [0, 0.1) is 41.4 Å². The Bertz CT molecular complexity index is 2830. The van der Waals surface area contributed by atoms with Crippen molar-refractivity contribution in [2.24, 2.45) is 41.4 Å². The molecular weight excluding hydrogens is 1250 g/mol. The SMILES string of the molecule is C/C=C/C[C@@H](C)[C@@H](OC(C)=O)[C@H]1C(=O)N[C@@H](CC)C(=O)N(C)[C@H](CCC=O)C(=O)N(C)C([C@H](C)CS(C)(=O)=O)C(=O)N[C@@H](C(C)C)C(=O)N(C)[C@@H](CC(C)C)C(=O)N[C@@H](C)C(=O)N[C@H](C)C(=O)N(C)[C@@H](CC(C)C)C(=O)N(C)[C@@H](CC(C)C)C(=O)N(C)[C@@H](C(C)C)C(=O)N1C. The van der Waals surface area contributed by atoms with Gasteiger partial charge in [0.15, 0.2) is 0 Å². The second-order valence-corrected chi connectivity index (χ2v) is 30.2. The van der Waals surface area contributed by atoms with Gasteiger partial charge in [-0.2, -0.15) is 0 Å². The molecule has 14 atom stereocenters. The zero-order valence-electron chi connectivity index (χ0n) is 61.4. The Morgan fingerprint density at radius 3 is 1.40 bits per heavy atom. The molecule has 0 bridgehead atoms. The van der Waals surface area contributed by atoms with E-state index in [4.69, 9.17) is 4.74 Å². The second kappa shape index (κ2) is 38.7. The molecule has 4 N–H and O–H groups in total. The molecule has 1 rings (SSSR count). The molecule has 11 amide bonds. The lowest BCUT2D eigenvalue weighted by Crippen LogP contribution is -2.64. The van der Waals surface area contributed by atoms with Crippen LogP contribution in [0.25, 0.3) is 0 Å². The third-order valence-corrected chi connectivity index (χ3v) is 18.7. The van der Waals surface area contributed by atoms with Crippen LogP contribution < -0.4 is 21.3 Å².